The quantitative estimate of drug-likeness (QED) is 0.109. The van der Waals surface area contributed by atoms with Crippen LogP contribution in [0, 0.1) is 22.0 Å². The molecule has 2 unspecified atom stereocenters. The number of aliphatic hydroxyl groups is 2. The van der Waals surface area contributed by atoms with Crippen molar-refractivity contribution in [2.24, 2.45) is 11.8 Å². The highest BCUT2D eigenvalue weighted by Crippen LogP contribution is 2.52. The lowest BCUT2D eigenvalue weighted by molar-refractivity contribution is -0.384. The lowest BCUT2D eigenvalue weighted by atomic mass is 9.79. The summed E-state index contributed by atoms with van der Waals surface area (Å²) in [5.41, 5.74) is 0.203. The maximum absolute atomic E-state index is 13.5. The van der Waals surface area contributed by atoms with Gasteiger partial charge in [0.15, 0.2) is 0 Å². The number of hydrogen-bond acceptors (Lipinski definition) is 12. The topological polar surface area (TPSA) is 211 Å². The molecule has 2 fully saturated rings. The molecule has 2 saturated heterocycles. The number of nitro benzene ring substituents is 1. The highest BCUT2D eigenvalue weighted by Gasteiger charge is 2.60. The monoisotopic (exact) mass is 668 g/mol. The van der Waals surface area contributed by atoms with Gasteiger partial charge in [0.25, 0.3) is 11.6 Å². The minimum absolute atomic E-state index is 0.0430. The fraction of sp³-hybridized carbons (Fsp3) is 0.571. The molecule has 0 radical (unpaired) electrons. The summed E-state index contributed by atoms with van der Waals surface area (Å²) in [5.74, 6) is -3.63. The molecule has 17 heteroatoms. The Balaban J connectivity index is 1.59. The molecule has 4 N–H and O–H groups in total. The molecule has 3 aliphatic heterocycles. The number of fused-ring (bicyclic) bond motifs is 1. The maximum Gasteiger partial charge on any atom is 0.410 e. The van der Waals surface area contributed by atoms with Crippen molar-refractivity contribution in [2.45, 2.75) is 68.5 Å². The van der Waals surface area contributed by atoms with Crippen molar-refractivity contribution in [1.82, 2.24) is 14.9 Å². The average Bonchev–Trinajstić information content (AvgIpc) is 3.52. The van der Waals surface area contributed by atoms with Gasteiger partial charge in [-0.05, 0) is 44.2 Å². The molecule has 1 aromatic carbocycles. The van der Waals surface area contributed by atoms with Crippen molar-refractivity contribution < 1.29 is 49.4 Å². The van der Waals surface area contributed by atoms with E-state index in [0.29, 0.717) is 15.5 Å². The van der Waals surface area contributed by atoms with Crippen LogP contribution in [0.3, 0.4) is 0 Å². The summed E-state index contributed by atoms with van der Waals surface area (Å²) in [7, 11) is 0. The molecule has 15 nitrogen and oxygen atoms in total. The highest BCUT2D eigenvalue weighted by atomic mass is 32.2. The van der Waals surface area contributed by atoms with Crippen molar-refractivity contribution in [3.63, 3.8) is 0 Å². The van der Waals surface area contributed by atoms with Crippen LogP contribution in [0.4, 0.5) is 10.5 Å². The summed E-state index contributed by atoms with van der Waals surface area (Å²) in [5, 5.41) is 50.1. The van der Waals surface area contributed by atoms with Crippen LogP contribution in [-0.2, 0) is 25.7 Å². The smallest absolute Gasteiger partial charge is 0.410 e. The van der Waals surface area contributed by atoms with Crippen LogP contribution in [0.5, 0.6) is 0 Å². The van der Waals surface area contributed by atoms with Gasteiger partial charge in [0.1, 0.15) is 17.6 Å². The molecule has 0 aromatic heterocycles. The molecule has 1 aromatic rings. The SMILES string of the molecule is CSC(C(=O)N(O)C(C)CO)[C@@H]1C[C@H](SC2=C(C(=O)O)N3C(=O)[C@H]([C@@H](C)O)[C@H]3[C@H]2C)CN1C(=O)OCc1ccc([N+](=O)[O-])cc1. The number of non-ortho nitro benzene ring substituents is 1. The Kier molecular flexibility index (Phi) is 10.7. The van der Waals surface area contributed by atoms with E-state index in [-0.39, 0.29) is 31.0 Å². The molecule has 0 saturated carbocycles. The number of ether oxygens (including phenoxy) is 1. The second-order valence-electron chi connectivity index (χ2n) is 11.3. The zero-order chi connectivity index (χ0) is 33.3. The summed E-state index contributed by atoms with van der Waals surface area (Å²) in [6.45, 7) is 4.05. The van der Waals surface area contributed by atoms with E-state index in [2.05, 4.69) is 0 Å². The van der Waals surface area contributed by atoms with Crippen molar-refractivity contribution in [3.8, 4) is 0 Å². The zero-order valence-electron chi connectivity index (χ0n) is 25.0. The molecular weight excluding hydrogens is 632 g/mol. The standard InChI is InChI=1S/C28H36N4O11S2/c1-13(11-33)31(40)26(36)24(44-4)19-9-18(10-29(19)28(39)43-12-16-5-7-17(8-6-16)32(41)42)45-23-14(2)21-20(15(3)34)25(35)30(21)22(23)27(37)38/h5-8,13-15,18-21,24,33-34,40H,9-12H2,1-4H3,(H,37,38)/t13?,14-,15-,18+,19+,20-,21-,24?/m1/s1. The van der Waals surface area contributed by atoms with E-state index in [0.717, 1.165) is 11.8 Å². The number of hydroxylamine groups is 2. The maximum atomic E-state index is 13.5. The third-order valence-corrected chi connectivity index (χ3v) is 10.9. The van der Waals surface area contributed by atoms with Crippen LogP contribution in [0.1, 0.15) is 32.8 Å². The number of aliphatic hydroxyl groups excluding tert-OH is 2. The molecular formula is C28H36N4O11S2. The number of β-lactam (4-membered cyclic amide) rings is 1. The van der Waals surface area contributed by atoms with E-state index in [1.54, 1.807) is 13.2 Å². The normalized spacial score (nSPS) is 26.2. The van der Waals surface area contributed by atoms with E-state index in [4.69, 9.17) is 4.74 Å². The molecule has 45 heavy (non-hydrogen) atoms. The fourth-order valence-corrected chi connectivity index (χ4v) is 8.48. The summed E-state index contributed by atoms with van der Waals surface area (Å²) in [4.78, 5) is 65.3. The number of carboxylic acids is 1. The van der Waals surface area contributed by atoms with Crippen LogP contribution in [0.25, 0.3) is 0 Å². The summed E-state index contributed by atoms with van der Waals surface area (Å²) in [6, 6.07) is 3.23. The van der Waals surface area contributed by atoms with E-state index < -0.39 is 82.0 Å². The minimum atomic E-state index is -1.29. The first-order valence-electron chi connectivity index (χ1n) is 14.2. The number of aliphatic carboxylic acids is 1. The molecule has 0 aliphatic carbocycles. The van der Waals surface area contributed by atoms with Crippen LogP contribution in [0.15, 0.2) is 34.9 Å². The van der Waals surface area contributed by atoms with E-state index in [1.807, 2.05) is 0 Å². The highest BCUT2D eigenvalue weighted by molar-refractivity contribution is 8.03. The third kappa shape index (κ3) is 6.63. The molecule has 8 atom stereocenters. The van der Waals surface area contributed by atoms with Gasteiger partial charge in [-0.15, -0.1) is 23.5 Å². The average molecular weight is 669 g/mol. The second-order valence-corrected chi connectivity index (χ2v) is 13.6. The number of carboxylic acid groups (broad SMARTS) is 1. The van der Waals surface area contributed by atoms with Crippen LogP contribution < -0.4 is 0 Å². The summed E-state index contributed by atoms with van der Waals surface area (Å²) in [6.07, 6.45) is 0.0940. The van der Waals surface area contributed by atoms with Crippen molar-refractivity contribution in [3.05, 3.63) is 50.5 Å². The Bertz CT molecular complexity index is 1370. The second kappa shape index (κ2) is 13.9. The van der Waals surface area contributed by atoms with Gasteiger partial charge in [0.05, 0.1) is 41.7 Å². The van der Waals surface area contributed by atoms with E-state index in [9.17, 15) is 49.8 Å². The lowest BCUT2D eigenvalue weighted by Crippen LogP contribution is -2.63. The van der Waals surface area contributed by atoms with Gasteiger partial charge in [-0.2, -0.15) is 0 Å². The van der Waals surface area contributed by atoms with Gasteiger partial charge in [-0.3, -0.25) is 24.9 Å². The van der Waals surface area contributed by atoms with Gasteiger partial charge in [0.2, 0.25) is 5.91 Å². The number of benzene rings is 1. The largest absolute Gasteiger partial charge is 0.477 e. The number of thioether (sulfide) groups is 2. The zero-order valence-corrected chi connectivity index (χ0v) is 26.6. The van der Waals surface area contributed by atoms with Gasteiger partial charge >= 0.3 is 12.1 Å². The number of carbonyl (C=O) groups is 4. The minimum Gasteiger partial charge on any atom is -0.477 e. The van der Waals surface area contributed by atoms with Crippen molar-refractivity contribution >= 4 is 53.1 Å². The number of likely N-dealkylation sites (tertiary alicyclic amines) is 1. The molecule has 246 valence electrons. The van der Waals surface area contributed by atoms with Crippen molar-refractivity contribution in [1.29, 1.82) is 0 Å². The Morgan fingerprint density at radius 2 is 1.87 bits per heavy atom. The first-order chi connectivity index (χ1) is 21.2. The number of nitro groups is 1. The van der Waals surface area contributed by atoms with Gasteiger partial charge in [0, 0.05) is 34.8 Å². The number of amides is 3. The van der Waals surface area contributed by atoms with Crippen LogP contribution >= 0.6 is 23.5 Å². The number of nitrogens with zero attached hydrogens (tertiary/aromatic N) is 4. The lowest BCUT2D eigenvalue weighted by Gasteiger charge is -2.46. The Morgan fingerprint density at radius 1 is 1.22 bits per heavy atom. The van der Waals surface area contributed by atoms with Crippen molar-refractivity contribution in [2.75, 3.05) is 19.4 Å². The molecule has 0 spiro atoms. The Hall–Kier alpha value is -3.38. The van der Waals surface area contributed by atoms with Gasteiger partial charge < -0.3 is 29.9 Å². The third-order valence-electron chi connectivity index (χ3n) is 8.41. The summed E-state index contributed by atoms with van der Waals surface area (Å²) >= 11 is 2.29. The first-order valence-corrected chi connectivity index (χ1v) is 16.4. The number of hydrogen-bond donors (Lipinski definition) is 4. The molecule has 3 aliphatic rings. The summed E-state index contributed by atoms with van der Waals surface area (Å²) < 4.78 is 5.53. The van der Waals surface area contributed by atoms with Gasteiger partial charge in [-0.1, -0.05) is 6.92 Å². The molecule has 3 heterocycles. The number of rotatable bonds is 12. The van der Waals surface area contributed by atoms with E-state index >= 15 is 0 Å². The fourth-order valence-electron chi connectivity index (χ4n) is 6.06. The Labute approximate surface area is 267 Å². The predicted octanol–water partition coefficient (Wildman–Crippen LogP) is 1.89. The number of carbonyl (C=O) groups excluding carboxylic acids is 3. The van der Waals surface area contributed by atoms with Crippen LogP contribution in [0.2, 0.25) is 0 Å². The molecule has 3 amide bonds. The molecule has 4 rings (SSSR count). The van der Waals surface area contributed by atoms with E-state index in [1.165, 1.54) is 59.7 Å². The first kappa shape index (κ1) is 34.5. The molecule has 0 bridgehead atoms. The Morgan fingerprint density at radius 3 is 2.40 bits per heavy atom. The van der Waals surface area contributed by atoms with Gasteiger partial charge in [-0.25, -0.2) is 14.7 Å². The predicted molar refractivity (Wildman–Crippen MR) is 162 cm³/mol. The van der Waals surface area contributed by atoms with Crippen LogP contribution in [-0.4, -0.2) is 118 Å².